The van der Waals surface area contributed by atoms with E-state index in [0.29, 0.717) is 25.5 Å². The maximum Gasteiger partial charge on any atom is 0.224 e. The number of carbonyl (C=O) groups excluding carboxylic acids is 1. The van der Waals surface area contributed by atoms with Crippen molar-refractivity contribution in [3.8, 4) is 0 Å². The molecular formula is C19H27NO3. The number of rotatable bonds is 8. The Labute approximate surface area is 138 Å². The molecule has 2 rings (SSSR count). The molecular weight excluding hydrogens is 290 g/mol. The lowest BCUT2D eigenvalue weighted by atomic mass is 10.0. The van der Waals surface area contributed by atoms with E-state index in [1.54, 1.807) is 6.26 Å². The molecule has 0 atom stereocenters. The van der Waals surface area contributed by atoms with E-state index in [2.05, 4.69) is 39.1 Å². The Bertz CT molecular complexity index is 658. The van der Waals surface area contributed by atoms with Gasteiger partial charge in [0.25, 0.3) is 0 Å². The quantitative estimate of drug-likeness (QED) is 0.754. The smallest absolute Gasteiger partial charge is 0.224 e. The molecule has 4 heteroatoms. The van der Waals surface area contributed by atoms with Crippen LogP contribution in [-0.2, 0) is 16.0 Å². The number of aryl methyl sites for hydroxylation is 2. The minimum atomic E-state index is 0.0230. The predicted octanol–water partition coefficient (Wildman–Crippen LogP) is 3.77. The molecule has 4 nitrogen and oxygen atoms in total. The zero-order valence-corrected chi connectivity index (χ0v) is 14.6. The third-order valence-electron chi connectivity index (χ3n) is 3.86. The largest absolute Gasteiger partial charge is 0.464 e. The normalized spacial score (nSPS) is 11.3. The number of amides is 1. The molecule has 1 amide bonds. The van der Waals surface area contributed by atoms with Crippen molar-refractivity contribution in [1.29, 1.82) is 0 Å². The van der Waals surface area contributed by atoms with Gasteiger partial charge in [-0.25, -0.2) is 0 Å². The van der Waals surface area contributed by atoms with Crippen LogP contribution in [0.1, 0.15) is 37.0 Å². The highest BCUT2D eigenvalue weighted by molar-refractivity contribution is 5.88. The SMILES string of the molecule is Cc1cc2occ(CC(=O)NCCCOCC(C)C)c2cc1C. The molecule has 2 aromatic rings. The van der Waals surface area contributed by atoms with Crippen LogP contribution in [0, 0.1) is 19.8 Å². The molecule has 1 heterocycles. The average Bonchev–Trinajstić information content (AvgIpc) is 2.85. The first kappa shape index (κ1) is 17.5. The molecule has 0 saturated carbocycles. The molecule has 0 spiro atoms. The van der Waals surface area contributed by atoms with Gasteiger partial charge in [-0.1, -0.05) is 13.8 Å². The molecule has 0 aliphatic carbocycles. The van der Waals surface area contributed by atoms with Crippen LogP contribution in [0.2, 0.25) is 0 Å². The van der Waals surface area contributed by atoms with Gasteiger partial charge >= 0.3 is 0 Å². The second kappa shape index (κ2) is 8.16. The topological polar surface area (TPSA) is 51.5 Å². The van der Waals surface area contributed by atoms with Crippen LogP contribution in [-0.4, -0.2) is 25.7 Å². The number of carbonyl (C=O) groups is 1. The van der Waals surface area contributed by atoms with E-state index in [1.165, 1.54) is 11.1 Å². The highest BCUT2D eigenvalue weighted by atomic mass is 16.5. The Morgan fingerprint density at radius 2 is 2.00 bits per heavy atom. The molecule has 0 radical (unpaired) electrons. The maximum atomic E-state index is 12.1. The van der Waals surface area contributed by atoms with Gasteiger partial charge < -0.3 is 14.5 Å². The fraction of sp³-hybridized carbons (Fsp3) is 0.526. The summed E-state index contributed by atoms with van der Waals surface area (Å²) in [6.07, 6.45) is 2.88. The molecule has 0 fully saturated rings. The van der Waals surface area contributed by atoms with Gasteiger partial charge in [0.1, 0.15) is 5.58 Å². The van der Waals surface area contributed by atoms with Crippen molar-refractivity contribution in [2.45, 2.75) is 40.5 Å². The van der Waals surface area contributed by atoms with E-state index in [1.807, 2.05) is 6.07 Å². The van der Waals surface area contributed by atoms with Gasteiger partial charge in [0, 0.05) is 30.7 Å². The van der Waals surface area contributed by atoms with Crippen LogP contribution >= 0.6 is 0 Å². The molecule has 0 aliphatic heterocycles. The number of furan rings is 1. The van der Waals surface area contributed by atoms with Crippen LogP contribution < -0.4 is 5.32 Å². The van der Waals surface area contributed by atoms with Gasteiger partial charge in [-0.2, -0.15) is 0 Å². The van der Waals surface area contributed by atoms with E-state index in [4.69, 9.17) is 9.15 Å². The highest BCUT2D eigenvalue weighted by Crippen LogP contribution is 2.25. The first-order valence-electron chi connectivity index (χ1n) is 8.29. The maximum absolute atomic E-state index is 12.1. The van der Waals surface area contributed by atoms with E-state index in [-0.39, 0.29) is 5.91 Å². The highest BCUT2D eigenvalue weighted by Gasteiger charge is 2.11. The van der Waals surface area contributed by atoms with E-state index < -0.39 is 0 Å². The lowest BCUT2D eigenvalue weighted by Crippen LogP contribution is -2.26. The number of hydrogen-bond acceptors (Lipinski definition) is 3. The van der Waals surface area contributed by atoms with Gasteiger partial charge in [-0.3, -0.25) is 4.79 Å². The lowest BCUT2D eigenvalue weighted by Gasteiger charge is -2.07. The summed E-state index contributed by atoms with van der Waals surface area (Å²) in [7, 11) is 0. The summed E-state index contributed by atoms with van der Waals surface area (Å²) >= 11 is 0. The monoisotopic (exact) mass is 317 g/mol. The van der Waals surface area contributed by atoms with Crippen molar-refractivity contribution in [3.05, 3.63) is 35.1 Å². The van der Waals surface area contributed by atoms with Crippen LogP contribution in [0.15, 0.2) is 22.8 Å². The second-order valence-electron chi connectivity index (χ2n) is 6.54. The number of nitrogens with one attached hydrogen (secondary N) is 1. The lowest BCUT2D eigenvalue weighted by molar-refractivity contribution is -0.120. The fourth-order valence-electron chi connectivity index (χ4n) is 2.43. The summed E-state index contributed by atoms with van der Waals surface area (Å²) in [5, 5.41) is 3.97. The zero-order chi connectivity index (χ0) is 16.8. The van der Waals surface area contributed by atoms with Gasteiger partial charge in [-0.05, 0) is 49.4 Å². The zero-order valence-electron chi connectivity index (χ0n) is 14.6. The number of fused-ring (bicyclic) bond motifs is 1. The Morgan fingerprint density at radius 1 is 1.26 bits per heavy atom. The van der Waals surface area contributed by atoms with Gasteiger partial charge in [-0.15, -0.1) is 0 Å². The van der Waals surface area contributed by atoms with Crippen molar-refractivity contribution in [2.75, 3.05) is 19.8 Å². The van der Waals surface area contributed by atoms with Crippen molar-refractivity contribution >= 4 is 16.9 Å². The third-order valence-corrected chi connectivity index (χ3v) is 3.86. The van der Waals surface area contributed by atoms with E-state index in [0.717, 1.165) is 29.6 Å². The number of ether oxygens (including phenoxy) is 1. The predicted molar refractivity (Wildman–Crippen MR) is 92.7 cm³/mol. The third kappa shape index (κ3) is 5.10. The molecule has 1 aromatic heterocycles. The Morgan fingerprint density at radius 3 is 2.74 bits per heavy atom. The molecule has 1 aromatic carbocycles. The van der Waals surface area contributed by atoms with Gasteiger partial charge in [0.05, 0.1) is 12.7 Å². The molecule has 1 N–H and O–H groups in total. The Kier molecular flexibility index (Phi) is 6.22. The molecule has 0 unspecified atom stereocenters. The average molecular weight is 317 g/mol. The fourth-order valence-corrected chi connectivity index (χ4v) is 2.43. The molecule has 0 saturated heterocycles. The summed E-state index contributed by atoms with van der Waals surface area (Å²) in [6.45, 7) is 10.5. The first-order valence-corrected chi connectivity index (χ1v) is 8.29. The Balaban J connectivity index is 1.80. The summed E-state index contributed by atoms with van der Waals surface area (Å²) in [6, 6.07) is 4.12. The van der Waals surface area contributed by atoms with E-state index in [9.17, 15) is 4.79 Å². The number of benzene rings is 1. The molecule has 23 heavy (non-hydrogen) atoms. The first-order chi connectivity index (χ1) is 11.0. The van der Waals surface area contributed by atoms with Crippen molar-refractivity contribution < 1.29 is 13.9 Å². The second-order valence-corrected chi connectivity index (χ2v) is 6.54. The van der Waals surface area contributed by atoms with Crippen LogP contribution in [0.3, 0.4) is 0 Å². The van der Waals surface area contributed by atoms with E-state index >= 15 is 0 Å². The summed E-state index contributed by atoms with van der Waals surface area (Å²) in [5.41, 5.74) is 4.20. The minimum absolute atomic E-state index is 0.0230. The van der Waals surface area contributed by atoms with Gasteiger partial charge in [0.15, 0.2) is 0 Å². The van der Waals surface area contributed by atoms with Crippen molar-refractivity contribution in [1.82, 2.24) is 5.32 Å². The van der Waals surface area contributed by atoms with Crippen molar-refractivity contribution in [3.63, 3.8) is 0 Å². The minimum Gasteiger partial charge on any atom is -0.464 e. The summed E-state index contributed by atoms with van der Waals surface area (Å²) in [4.78, 5) is 12.1. The van der Waals surface area contributed by atoms with Crippen LogP contribution in [0.4, 0.5) is 0 Å². The standard InChI is InChI=1S/C19H27NO3/c1-13(2)11-22-7-5-6-20-19(21)10-16-12-23-18-9-15(4)14(3)8-17(16)18/h8-9,12-13H,5-7,10-11H2,1-4H3,(H,20,21). The van der Waals surface area contributed by atoms with Crippen molar-refractivity contribution in [2.24, 2.45) is 5.92 Å². The van der Waals surface area contributed by atoms with Crippen LogP contribution in [0.5, 0.6) is 0 Å². The van der Waals surface area contributed by atoms with Crippen LogP contribution in [0.25, 0.3) is 11.0 Å². The Hall–Kier alpha value is -1.81. The van der Waals surface area contributed by atoms with Gasteiger partial charge in [0.2, 0.25) is 5.91 Å². The molecule has 126 valence electrons. The number of hydrogen-bond donors (Lipinski definition) is 1. The molecule has 0 aliphatic rings. The summed E-state index contributed by atoms with van der Waals surface area (Å²) < 4.78 is 11.1. The summed E-state index contributed by atoms with van der Waals surface area (Å²) in [5.74, 6) is 0.570. The molecule has 0 bridgehead atoms.